The van der Waals surface area contributed by atoms with Crippen LogP contribution in [0.4, 0.5) is 11.4 Å². The first kappa shape index (κ1) is 50.4. The van der Waals surface area contributed by atoms with Gasteiger partial charge in [0.25, 0.3) is 0 Å². The summed E-state index contributed by atoms with van der Waals surface area (Å²) >= 11 is 0. The number of furan rings is 2. The van der Waals surface area contributed by atoms with Gasteiger partial charge in [0.05, 0.1) is 50.1 Å². The van der Waals surface area contributed by atoms with Gasteiger partial charge >= 0.3 is 11.4 Å². The summed E-state index contributed by atoms with van der Waals surface area (Å²) in [4.78, 5) is 69.6. The maximum Gasteiger partial charge on any atom is 0.315 e. The van der Waals surface area contributed by atoms with E-state index < -0.39 is 57.3 Å². The number of para-hydroxylation sites is 2. The zero-order chi connectivity index (χ0) is 51.6. The Hall–Kier alpha value is -9.52. The summed E-state index contributed by atoms with van der Waals surface area (Å²) < 4.78 is 22.2. The Morgan fingerprint density at radius 2 is 0.903 bits per heavy atom. The molecule has 0 aliphatic rings. The molecule has 0 fully saturated rings. The van der Waals surface area contributed by atoms with Crippen molar-refractivity contribution in [2.24, 2.45) is 0 Å². The molecule has 0 bridgehead atoms. The van der Waals surface area contributed by atoms with Gasteiger partial charge in [-0.25, -0.2) is 0 Å². The van der Waals surface area contributed by atoms with Crippen LogP contribution in [0, 0.1) is 20.2 Å². The van der Waals surface area contributed by atoms with Crippen molar-refractivity contribution in [1.29, 1.82) is 0 Å². The fourth-order valence-corrected chi connectivity index (χ4v) is 7.60. The van der Waals surface area contributed by atoms with Crippen molar-refractivity contribution in [2.75, 3.05) is 14.2 Å². The lowest BCUT2D eigenvalue weighted by Crippen LogP contribution is -2.02. The number of ketones is 4. The second-order valence-corrected chi connectivity index (χ2v) is 15.9. The molecular weight excluding hydrogens is 933 g/mol. The normalized spacial score (nSPS) is 11.6. The Morgan fingerprint density at radius 3 is 1.38 bits per heavy atom. The molecule has 0 amide bonds. The Balaban J connectivity index is 0.000000215. The third-order valence-corrected chi connectivity index (χ3v) is 11.0. The Labute approximate surface area is 407 Å². The summed E-state index contributed by atoms with van der Waals surface area (Å²) in [6.07, 6.45) is 9.75. The number of rotatable bonds is 18. The molecule has 4 N–H and O–H groups in total. The van der Waals surface area contributed by atoms with Gasteiger partial charge in [-0.15, -0.1) is 0 Å². The van der Waals surface area contributed by atoms with E-state index in [1.807, 2.05) is 60.7 Å². The van der Waals surface area contributed by atoms with Gasteiger partial charge in [-0.1, -0.05) is 60.7 Å². The predicted octanol–water partition coefficient (Wildman–Crippen LogP) is 9.91. The van der Waals surface area contributed by atoms with Crippen LogP contribution in [-0.2, 0) is 32.4 Å². The maximum absolute atomic E-state index is 12.6. The zero-order valence-electron chi connectivity index (χ0n) is 38.3. The van der Waals surface area contributed by atoms with E-state index in [1.165, 1.54) is 43.5 Å². The minimum atomic E-state index is -0.843. The number of carbonyl (C=O) groups excluding carboxylic acids is 4. The molecule has 72 heavy (non-hydrogen) atoms. The zero-order valence-corrected chi connectivity index (χ0v) is 38.3. The highest BCUT2D eigenvalue weighted by molar-refractivity contribution is 6.13. The maximum atomic E-state index is 12.6. The second-order valence-electron chi connectivity index (χ2n) is 15.9. The molecule has 2 heterocycles. The van der Waals surface area contributed by atoms with Crippen molar-refractivity contribution in [3.63, 3.8) is 0 Å². The van der Waals surface area contributed by atoms with Gasteiger partial charge in [-0.3, -0.25) is 39.4 Å². The van der Waals surface area contributed by atoms with E-state index in [-0.39, 0.29) is 47.0 Å². The molecule has 18 nitrogen and oxygen atoms in total. The van der Waals surface area contributed by atoms with Crippen LogP contribution < -0.4 is 9.47 Å². The number of carbonyl (C=O) groups is 4. The molecule has 0 unspecified atom stereocenters. The highest BCUT2D eigenvalue weighted by atomic mass is 16.6. The molecule has 0 saturated heterocycles. The number of methoxy groups -OCH3 is 2. The van der Waals surface area contributed by atoms with Crippen LogP contribution in [-0.4, -0.2) is 67.6 Å². The largest absolute Gasteiger partial charge is 0.502 e. The van der Waals surface area contributed by atoms with E-state index in [0.717, 1.165) is 68.1 Å². The predicted molar refractivity (Wildman–Crippen MR) is 267 cm³/mol. The van der Waals surface area contributed by atoms with E-state index >= 15 is 0 Å². The van der Waals surface area contributed by atoms with Gasteiger partial charge in [-0.05, 0) is 95.1 Å². The van der Waals surface area contributed by atoms with Gasteiger partial charge < -0.3 is 38.7 Å². The van der Waals surface area contributed by atoms with Crippen LogP contribution in [0.2, 0.25) is 0 Å². The SMILES string of the molecule is COc1cc(/C=C/C(=O)CC(=O)/C=C/c2cc(CO)c(O)c([N+](=O)[O-])c2)cc([N+](=O)[O-])c1O.COc1cc(/C=C/C(=O)CC(=O)/C=C/c2cc(CO)c3oc4ccccc4c3c2)cc2c1oc1ccccc12. The van der Waals surface area contributed by atoms with Crippen molar-refractivity contribution >= 4 is 103 Å². The highest BCUT2D eigenvalue weighted by Gasteiger charge is 2.21. The van der Waals surface area contributed by atoms with Crippen molar-refractivity contribution in [2.45, 2.75) is 26.1 Å². The lowest BCUT2D eigenvalue weighted by atomic mass is 10.0. The molecule has 0 aliphatic heterocycles. The number of fused-ring (bicyclic) bond motifs is 6. The fraction of sp³-hybridized carbons (Fsp3) is 0.111. The average molecular weight is 975 g/mol. The monoisotopic (exact) mass is 974 g/mol. The quantitative estimate of drug-likeness (QED) is 0.0269. The topological polar surface area (TPSA) is 280 Å². The summed E-state index contributed by atoms with van der Waals surface area (Å²) in [5.74, 6) is -2.84. The number of aromatic hydroxyl groups is 2. The molecule has 0 spiro atoms. The van der Waals surface area contributed by atoms with Gasteiger partial charge in [0.15, 0.2) is 46.0 Å². The van der Waals surface area contributed by atoms with Crippen molar-refractivity contribution in [3.05, 3.63) is 175 Å². The van der Waals surface area contributed by atoms with Crippen LogP contribution in [0.5, 0.6) is 23.0 Å². The molecule has 0 atom stereocenters. The van der Waals surface area contributed by atoms with E-state index in [9.17, 15) is 59.8 Å². The molecular formula is C54H42N2O16. The van der Waals surface area contributed by atoms with Gasteiger partial charge in [0, 0.05) is 44.8 Å². The number of nitro benzene ring substituents is 2. The van der Waals surface area contributed by atoms with Crippen LogP contribution in [0.25, 0.3) is 68.2 Å². The summed E-state index contributed by atoms with van der Waals surface area (Å²) in [6.45, 7) is -0.855. The number of nitro groups is 2. The smallest absolute Gasteiger partial charge is 0.315 e. The number of aliphatic hydroxyl groups excluding tert-OH is 2. The molecule has 0 radical (unpaired) electrons. The number of phenols is 2. The lowest BCUT2D eigenvalue weighted by molar-refractivity contribution is -0.386. The highest BCUT2D eigenvalue weighted by Crippen LogP contribution is 2.39. The van der Waals surface area contributed by atoms with Gasteiger partial charge in [-0.2, -0.15) is 0 Å². The van der Waals surface area contributed by atoms with Crippen LogP contribution in [0.3, 0.4) is 0 Å². The number of allylic oxidation sites excluding steroid dienone is 4. The first-order valence-corrected chi connectivity index (χ1v) is 21.7. The molecule has 0 saturated carbocycles. The Bertz CT molecular complexity index is 3360. The first-order valence-electron chi connectivity index (χ1n) is 21.7. The van der Waals surface area contributed by atoms with E-state index in [2.05, 4.69) is 0 Å². The number of nitrogens with zero attached hydrogens (tertiary/aromatic N) is 2. The molecule has 2 aromatic heterocycles. The van der Waals surface area contributed by atoms with Crippen molar-refractivity contribution in [3.8, 4) is 23.0 Å². The van der Waals surface area contributed by atoms with Crippen LogP contribution in [0.15, 0.2) is 130 Å². The molecule has 8 aromatic rings. The van der Waals surface area contributed by atoms with E-state index in [4.69, 9.17) is 18.3 Å². The van der Waals surface area contributed by atoms with Crippen LogP contribution in [0.1, 0.15) is 46.2 Å². The number of benzene rings is 6. The van der Waals surface area contributed by atoms with E-state index in [1.54, 1.807) is 31.4 Å². The fourth-order valence-electron chi connectivity index (χ4n) is 7.60. The summed E-state index contributed by atoms with van der Waals surface area (Å²) in [5, 5.41) is 64.2. The minimum absolute atomic E-state index is 0.103. The Morgan fingerprint density at radius 1 is 0.514 bits per heavy atom. The minimum Gasteiger partial charge on any atom is -0.502 e. The third-order valence-electron chi connectivity index (χ3n) is 11.0. The number of aliphatic hydroxyl groups is 2. The number of phenolic OH excluding ortho intramolecular Hbond substituents is 1. The standard InChI is InChI=1S/C33H24O6.C21H18N2O10/c1-37-31-17-21(16-28-26-7-3-5-9-30(26)39-33(28)31)11-13-24(36)18-23(35)12-10-20-14-22(19-34)32-27(15-20)25-6-2-4-8-29(25)38-32;1-33-19-9-13(8-18(21(19)28)23(31)32)3-5-16(26)10-15(25)4-2-12-6-14(11-24)20(27)17(7-12)22(29)30/h2-17,34H,18-19H2,1H3;2-9,24,27-28H,10-11H2,1H3/b12-10+,13-11+;4-2+,5-3+. The molecule has 18 heteroatoms. The molecule has 0 aliphatic carbocycles. The average Bonchev–Trinajstić information content (AvgIpc) is 3.95. The number of hydrogen-bond acceptors (Lipinski definition) is 16. The molecule has 8 rings (SSSR count). The number of ether oxygens (including phenoxy) is 2. The second kappa shape index (κ2) is 22.3. The lowest BCUT2D eigenvalue weighted by Gasteiger charge is -2.05. The first-order chi connectivity index (χ1) is 34.6. The summed E-state index contributed by atoms with van der Waals surface area (Å²) in [5.41, 5.74) is 3.86. The summed E-state index contributed by atoms with van der Waals surface area (Å²) in [6, 6.07) is 27.3. The van der Waals surface area contributed by atoms with Crippen molar-refractivity contribution < 1.29 is 67.8 Å². The van der Waals surface area contributed by atoms with E-state index in [0.29, 0.717) is 22.5 Å². The Kier molecular flexibility index (Phi) is 15.6. The van der Waals surface area contributed by atoms with Crippen LogP contribution >= 0.6 is 0 Å². The van der Waals surface area contributed by atoms with Gasteiger partial charge in [0.1, 0.15) is 16.7 Å². The van der Waals surface area contributed by atoms with Crippen molar-refractivity contribution in [1.82, 2.24) is 0 Å². The summed E-state index contributed by atoms with van der Waals surface area (Å²) in [7, 11) is 2.77. The van der Waals surface area contributed by atoms with Gasteiger partial charge in [0.2, 0.25) is 5.75 Å². The molecule has 364 valence electrons. The third kappa shape index (κ3) is 11.5. The molecule has 6 aromatic carbocycles. The number of hydrogen-bond donors (Lipinski definition) is 4.